The molecule has 0 bridgehead atoms. The summed E-state index contributed by atoms with van der Waals surface area (Å²) in [4.78, 5) is 12.6. The van der Waals surface area contributed by atoms with Crippen LogP contribution in [0.3, 0.4) is 0 Å². The molecule has 0 aromatic rings. The molecule has 1 rings (SSSR count). The molecule has 0 heterocycles. The smallest absolute Gasteiger partial charge is 0.193 e. The fraction of sp³-hybridized carbons (Fsp3) is 0.812. The molecule has 20 heavy (non-hydrogen) atoms. The van der Waals surface area contributed by atoms with Gasteiger partial charge in [-0.25, -0.2) is 0 Å². The van der Waals surface area contributed by atoms with Crippen LogP contribution in [0.1, 0.15) is 48.0 Å². The van der Waals surface area contributed by atoms with Gasteiger partial charge in [0, 0.05) is 0 Å². The number of carbonyl (C=O) groups excluding carboxylic acids is 1. The van der Waals surface area contributed by atoms with Crippen LogP contribution in [0.5, 0.6) is 0 Å². The van der Waals surface area contributed by atoms with Crippen LogP contribution < -0.4 is 0 Å². The molecule has 0 aliphatic heterocycles. The Morgan fingerprint density at radius 1 is 1.35 bits per heavy atom. The molecule has 4 heteroatoms. The Hall–Kier alpha value is -0.453. The van der Waals surface area contributed by atoms with Gasteiger partial charge in [-0.3, -0.25) is 4.79 Å². The SMILES string of the molecule is C[C@H]1CC=CC(=O)[C@@](C)(O[Si](C)(C)C(C)(C)C)[C@]1(C)O. The van der Waals surface area contributed by atoms with Crippen LogP contribution in [0.15, 0.2) is 12.2 Å². The second kappa shape index (κ2) is 5.07. The van der Waals surface area contributed by atoms with Gasteiger partial charge >= 0.3 is 0 Å². The largest absolute Gasteiger partial charge is 0.402 e. The predicted octanol–water partition coefficient (Wildman–Crippen LogP) is 3.68. The highest BCUT2D eigenvalue weighted by atomic mass is 28.4. The fourth-order valence-corrected chi connectivity index (χ4v) is 3.94. The van der Waals surface area contributed by atoms with Crippen molar-refractivity contribution >= 4 is 14.1 Å². The standard InChI is InChI=1S/C16H30O3Si/c1-12-10-9-11-13(17)16(6,15(12,5)18)19-20(7,8)14(2,3)4/h9,11-12,18H,10H2,1-8H3/t12-,15+,16+/m0/s1. The first-order valence-electron chi connectivity index (χ1n) is 7.39. The summed E-state index contributed by atoms with van der Waals surface area (Å²) in [6.45, 7) is 16.1. The maximum atomic E-state index is 12.6. The average Bonchev–Trinajstić information content (AvgIpc) is 2.30. The first-order chi connectivity index (χ1) is 8.76. The monoisotopic (exact) mass is 298 g/mol. The Balaban J connectivity index is 3.28. The van der Waals surface area contributed by atoms with Gasteiger partial charge in [0.2, 0.25) is 0 Å². The summed E-state index contributed by atoms with van der Waals surface area (Å²) < 4.78 is 6.40. The van der Waals surface area contributed by atoms with E-state index < -0.39 is 19.5 Å². The molecule has 0 aromatic carbocycles. The third-order valence-electron chi connectivity index (χ3n) is 5.42. The minimum Gasteiger partial charge on any atom is -0.402 e. The summed E-state index contributed by atoms with van der Waals surface area (Å²) in [5.41, 5.74) is -2.36. The lowest BCUT2D eigenvalue weighted by Crippen LogP contribution is -2.64. The lowest BCUT2D eigenvalue weighted by molar-refractivity contribution is -0.166. The molecular formula is C16H30O3Si. The lowest BCUT2D eigenvalue weighted by Gasteiger charge is -2.50. The molecular weight excluding hydrogens is 268 g/mol. The van der Waals surface area contributed by atoms with Gasteiger partial charge in [0.15, 0.2) is 14.1 Å². The maximum absolute atomic E-state index is 12.6. The van der Waals surface area contributed by atoms with E-state index in [4.69, 9.17) is 4.43 Å². The summed E-state index contributed by atoms with van der Waals surface area (Å²) in [6, 6.07) is 0. The van der Waals surface area contributed by atoms with Crippen molar-refractivity contribution in [3.63, 3.8) is 0 Å². The van der Waals surface area contributed by atoms with Crippen molar-refractivity contribution in [3.8, 4) is 0 Å². The van der Waals surface area contributed by atoms with Crippen LogP contribution in [-0.2, 0) is 9.22 Å². The van der Waals surface area contributed by atoms with E-state index in [9.17, 15) is 9.90 Å². The Bertz CT molecular complexity index is 418. The normalized spacial score (nSPS) is 36.0. The van der Waals surface area contributed by atoms with E-state index in [0.717, 1.165) is 0 Å². The summed E-state index contributed by atoms with van der Waals surface area (Å²) in [5.74, 6) is -0.156. The van der Waals surface area contributed by atoms with Gasteiger partial charge in [0.05, 0.1) is 5.60 Å². The number of hydrogen-bond acceptors (Lipinski definition) is 3. The zero-order chi connectivity index (χ0) is 16.0. The molecule has 0 aromatic heterocycles. The van der Waals surface area contributed by atoms with E-state index in [1.54, 1.807) is 19.9 Å². The second-order valence-electron chi connectivity index (χ2n) is 7.95. The number of allylic oxidation sites excluding steroid dienone is 1. The molecule has 1 aliphatic carbocycles. The van der Waals surface area contributed by atoms with Crippen molar-refractivity contribution < 1.29 is 14.3 Å². The van der Waals surface area contributed by atoms with Crippen molar-refractivity contribution in [2.75, 3.05) is 0 Å². The molecule has 1 aliphatic rings. The van der Waals surface area contributed by atoms with Crippen LogP contribution in [-0.4, -0.2) is 30.4 Å². The zero-order valence-electron chi connectivity index (χ0n) is 14.2. The first kappa shape index (κ1) is 17.6. The van der Waals surface area contributed by atoms with E-state index in [1.807, 2.05) is 13.0 Å². The van der Waals surface area contributed by atoms with Crippen molar-refractivity contribution in [1.29, 1.82) is 0 Å². The average molecular weight is 298 g/mol. The summed E-state index contributed by atoms with van der Waals surface area (Å²) in [7, 11) is -2.16. The second-order valence-corrected chi connectivity index (χ2v) is 12.7. The molecule has 0 fully saturated rings. The maximum Gasteiger partial charge on any atom is 0.193 e. The lowest BCUT2D eigenvalue weighted by atomic mass is 9.75. The molecule has 0 saturated heterocycles. The molecule has 0 saturated carbocycles. The molecule has 116 valence electrons. The Morgan fingerprint density at radius 2 is 1.85 bits per heavy atom. The third-order valence-corrected chi connectivity index (χ3v) is 9.95. The van der Waals surface area contributed by atoms with Crippen molar-refractivity contribution in [1.82, 2.24) is 0 Å². The van der Waals surface area contributed by atoms with E-state index in [1.165, 1.54) is 0 Å². The molecule has 0 spiro atoms. The van der Waals surface area contributed by atoms with Gasteiger partial charge in [-0.15, -0.1) is 0 Å². The minimum absolute atomic E-state index is 0.00831. The minimum atomic E-state index is -2.16. The number of carbonyl (C=O) groups is 1. The first-order valence-corrected chi connectivity index (χ1v) is 10.3. The van der Waals surface area contributed by atoms with Gasteiger partial charge < -0.3 is 9.53 Å². The zero-order valence-corrected chi connectivity index (χ0v) is 15.2. The number of hydrogen-bond donors (Lipinski definition) is 1. The van der Waals surface area contributed by atoms with Crippen LogP contribution in [0, 0.1) is 5.92 Å². The Morgan fingerprint density at radius 3 is 2.30 bits per heavy atom. The van der Waals surface area contributed by atoms with Gasteiger partial charge in [-0.2, -0.15) is 0 Å². The van der Waals surface area contributed by atoms with E-state index in [0.29, 0.717) is 6.42 Å². The van der Waals surface area contributed by atoms with Crippen LogP contribution >= 0.6 is 0 Å². The quantitative estimate of drug-likeness (QED) is 0.791. The van der Waals surface area contributed by atoms with Crippen LogP contribution in [0.2, 0.25) is 18.1 Å². The predicted molar refractivity (Wildman–Crippen MR) is 85.2 cm³/mol. The van der Waals surface area contributed by atoms with Gasteiger partial charge in [0.25, 0.3) is 0 Å². The molecule has 0 radical (unpaired) electrons. The molecule has 1 N–H and O–H groups in total. The summed E-state index contributed by atoms with van der Waals surface area (Å²) in [5, 5.41) is 11.0. The van der Waals surface area contributed by atoms with E-state index in [2.05, 4.69) is 33.9 Å². The van der Waals surface area contributed by atoms with Crippen LogP contribution in [0.4, 0.5) is 0 Å². The van der Waals surface area contributed by atoms with Crippen molar-refractivity contribution in [3.05, 3.63) is 12.2 Å². The molecule has 3 nitrogen and oxygen atoms in total. The Labute approximate surface area is 124 Å². The summed E-state index contributed by atoms with van der Waals surface area (Å²) >= 11 is 0. The molecule has 0 amide bonds. The van der Waals surface area contributed by atoms with Gasteiger partial charge in [0.1, 0.15) is 5.60 Å². The van der Waals surface area contributed by atoms with Gasteiger partial charge in [-0.1, -0.05) is 33.8 Å². The number of ketones is 1. The fourth-order valence-electron chi connectivity index (χ4n) is 2.30. The topological polar surface area (TPSA) is 46.5 Å². The number of rotatable bonds is 2. The van der Waals surface area contributed by atoms with E-state index >= 15 is 0 Å². The van der Waals surface area contributed by atoms with Crippen LogP contribution in [0.25, 0.3) is 0 Å². The number of aliphatic hydroxyl groups is 1. The summed E-state index contributed by atoms with van der Waals surface area (Å²) in [6.07, 6.45) is 4.11. The molecule has 3 atom stereocenters. The van der Waals surface area contributed by atoms with Crippen molar-refractivity contribution in [2.24, 2.45) is 5.92 Å². The Kier molecular flexibility index (Phi) is 4.46. The highest BCUT2D eigenvalue weighted by Crippen LogP contribution is 2.45. The van der Waals surface area contributed by atoms with Gasteiger partial charge in [-0.05, 0) is 50.4 Å². The third kappa shape index (κ3) is 2.78. The van der Waals surface area contributed by atoms with Crippen molar-refractivity contribution in [2.45, 2.75) is 77.3 Å². The highest BCUT2D eigenvalue weighted by molar-refractivity contribution is 6.74. The molecule has 0 unspecified atom stereocenters. The highest BCUT2D eigenvalue weighted by Gasteiger charge is 2.56. The van der Waals surface area contributed by atoms with E-state index in [-0.39, 0.29) is 16.7 Å².